The number of thioether (sulfide) groups is 1. The Kier molecular flexibility index (Phi) is 4.42. The van der Waals surface area contributed by atoms with E-state index in [-0.39, 0.29) is 17.0 Å². The Morgan fingerprint density at radius 2 is 2.35 bits per heavy atom. The number of carbonyl (C=O) groups is 1. The second kappa shape index (κ2) is 5.49. The van der Waals surface area contributed by atoms with Gasteiger partial charge in [-0.3, -0.25) is 4.79 Å². The molecule has 5 heteroatoms. The molecule has 2 saturated heterocycles. The van der Waals surface area contributed by atoms with Gasteiger partial charge < -0.3 is 9.64 Å². The molecule has 2 rings (SSSR count). The highest BCUT2D eigenvalue weighted by molar-refractivity contribution is 9.09. The lowest BCUT2D eigenvalue weighted by Gasteiger charge is -2.39. The first kappa shape index (κ1) is 13.7. The zero-order valence-corrected chi connectivity index (χ0v) is 12.8. The fourth-order valence-corrected chi connectivity index (χ4v) is 4.22. The van der Waals surface area contributed by atoms with E-state index >= 15 is 0 Å². The molecule has 0 aromatic carbocycles. The minimum atomic E-state index is -0.187. The summed E-state index contributed by atoms with van der Waals surface area (Å²) in [6, 6.07) is 0. The first-order valence-corrected chi connectivity index (χ1v) is 8.30. The van der Waals surface area contributed by atoms with Gasteiger partial charge in [-0.05, 0) is 32.4 Å². The number of ether oxygens (including phenoxy) is 1. The smallest absolute Gasteiger partial charge is 0.238 e. The summed E-state index contributed by atoms with van der Waals surface area (Å²) in [4.78, 5) is 14.6. The van der Waals surface area contributed by atoms with E-state index in [0.29, 0.717) is 5.91 Å². The number of morpholine rings is 1. The molecule has 2 aliphatic heterocycles. The maximum atomic E-state index is 12.6. The molecule has 0 radical (unpaired) electrons. The van der Waals surface area contributed by atoms with Gasteiger partial charge in [-0.2, -0.15) is 0 Å². The number of carbonyl (C=O) groups excluding carboxylic acids is 1. The van der Waals surface area contributed by atoms with E-state index in [9.17, 15) is 4.79 Å². The van der Waals surface area contributed by atoms with E-state index < -0.39 is 0 Å². The van der Waals surface area contributed by atoms with E-state index in [1.165, 1.54) is 0 Å². The van der Waals surface area contributed by atoms with Crippen LogP contribution in [0.2, 0.25) is 0 Å². The molecular formula is C12H20BrNO2S. The van der Waals surface area contributed by atoms with Gasteiger partial charge in [0.2, 0.25) is 5.91 Å². The molecular weight excluding hydrogens is 302 g/mol. The molecule has 0 bridgehead atoms. The number of rotatable bonds is 2. The molecule has 0 saturated carbocycles. The van der Waals surface area contributed by atoms with Crippen molar-refractivity contribution in [2.75, 3.05) is 24.2 Å². The second-order valence-corrected chi connectivity index (χ2v) is 7.36. The molecule has 0 aromatic heterocycles. The van der Waals surface area contributed by atoms with Gasteiger partial charge >= 0.3 is 0 Å². The normalized spacial score (nSPS) is 38.4. The predicted octanol–water partition coefficient (Wildman–Crippen LogP) is 2.28. The molecule has 3 atom stereocenters. The summed E-state index contributed by atoms with van der Waals surface area (Å²) in [6.45, 7) is 5.60. The van der Waals surface area contributed by atoms with Gasteiger partial charge in [0, 0.05) is 18.4 Å². The van der Waals surface area contributed by atoms with Crippen LogP contribution < -0.4 is 0 Å². The van der Waals surface area contributed by atoms with Crippen LogP contribution in [0.25, 0.3) is 0 Å². The number of halogens is 1. The Balaban J connectivity index is 2.03. The highest BCUT2D eigenvalue weighted by atomic mass is 79.9. The molecule has 17 heavy (non-hydrogen) atoms. The van der Waals surface area contributed by atoms with Crippen molar-refractivity contribution in [1.82, 2.24) is 4.90 Å². The van der Waals surface area contributed by atoms with Crippen LogP contribution in [0.15, 0.2) is 0 Å². The van der Waals surface area contributed by atoms with Gasteiger partial charge in [-0.15, -0.1) is 11.8 Å². The lowest BCUT2D eigenvalue weighted by atomic mass is 10.0. The third-order valence-corrected chi connectivity index (χ3v) is 5.69. The molecule has 1 amide bonds. The molecule has 3 nitrogen and oxygen atoms in total. The van der Waals surface area contributed by atoms with Crippen LogP contribution in [0.3, 0.4) is 0 Å². The molecule has 0 aliphatic carbocycles. The molecule has 0 aromatic rings. The van der Waals surface area contributed by atoms with Crippen molar-refractivity contribution in [3.8, 4) is 0 Å². The number of hydrogen-bond acceptors (Lipinski definition) is 3. The average molecular weight is 322 g/mol. The van der Waals surface area contributed by atoms with Crippen molar-refractivity contribution in [3.63, 3.8) is 0 Å². The van der Waals surface area contributed by atoms with Crippen LogP contribution in [-0.4, -0.2) is 51.9 Å². The summed E-state index contributed by atoms with van der Waals surface area (Å²) in [5.41, 5.74) is 0. The van der Waals surface area contributed by atoms with Crippen LogP contribution in [0.1, 0.15) is 26.7 Å². The van der Waals surface area contributed by atoms with E-state index in [4.69, 9.17) is 4.74 Å². The van der Waals surface area contributed by atoms with E-state index in [1.54, 1.807) is 0 Å². The average Bonchev–Trinajstić information content (AvgIpc) is 2.75. The monoisotopic (exact) mass is 321 g/mol. The first-order chi connectivity index (χ1) is 8.05. The van der Waals surface area contributed by atoms with Gasteiger partial charge in [0.05, 0.1) is 17.0 Å². The summed E-state index contributed by atoms with van der Waals surface area (Å²) in [5.74, 6) is 1.42. The summed E-state index contributed by atoms with van der Waals surface area (Å²) in [7, 11) is 0. The molecule has 0 spiro atoms. The fraction of sp³-hybridized carbons (Fsp3) is 0.917. The Hall–Kier alpha value is 0.260. The van der Waals surface area contributed by atoms with Crippen molar-refractivity contribution >= 4 is 33.6 Å². The predicted molar refractivity (Wildman–Crippen MR) is 74.8 cm³/mol. The van der Waals surface area contributed by atoms with Gasteiger partial charge in [-0.1, -0.05) is 15.9 Å². The quantitative estimate of drug-likeness (QED) is 0.731. The summed E-state index contributed by atoms with van der Waals surface area (Å²) >= 11 is 5.26. The van der Waals surface area contributed by atoms with E-state index in [2.05, 4.69) is 22.9 Å². The Labute approximate surface area is 116 Å². The zero-order valence-electron chi connectivity index (χ0n) is 10.4. The topological polar surface area (TPSA) is 29.5 Å². The first-order valence-electron chi connectivity index (χ1n) is 6.20. The standard InChI is InChI=1S/C12H20BrNO2S/c1-9-7-14(8-10(6-13)16-9)11(15)12(2)4-3-5-17-12/h9-10H,3-8H2,1-2H3. The fourth-order valence-electron chi connectivity index (χ4n) is 2.58. The largest absolute Gasteiger partial charge is 0.371 e. The minimum absolute atomic E-state index is 0.137. The van der Waals surface area contributed by atoms with Crippen molar-refractivity contribution in [2.45, 2.75) is 43.6 Å². The number of nitrogens with zero attached hydrogens (tertiary/aromatic N) is 1. The molecule has 98 valence electrons. The van der Waals surface area contributed by atoms with Gasteiger partial charge in [-0.25, -0.2) is 0 Å². The van der Waals surface area contributed by atoms with Crippen LogP contribution in [0.5, 0.6) is 0 Å². The third-order valence-electron chi connectivity index (χ3n) is 3.46. The van der Waals surface area contributed by atoms with Crippen molar-refractivity contribution in [2.24, 2.45) is 0 Å². The SMILES string of the molecule is CC1CN(C(=O)C2(C)CCCS2)CC(CBr)O1. The second-order valence-electron chi connectivity index (χ2n) is 5.12. The summed E-state index contributed by atoms with van der Waals surface area (Å²) in [6.07, 6.45) is 2.46. The Morgan fingerprint density at radius 1 is 1.59 bits per heavy atom. The molecule has 2 fully saturated rings. The Bertz CT molecular complexity index is 294. The third kappa shape index (κ3) is 2.99. The Morgan fingerprint density at radius 3 is 2.94 bits per heavy atom. The van der Waals surface area contributed by atoms with Gasteiger partial charge in [0.15, 0.2) is 0 Å². The number of alkyl halides is 1. The zero-order chi connectivity index (χ0) is 12.5. The molecule has 0 N–H and O–H groups in total. The van der Waals surface area contributed by atoms with Crippen LogP contribution in [0, 0.1) is 0 Å². The molecule has 2 heterocycles. The highest BCUT2D eigenvalue weighted by Gasteiger charge is 2.42. The lowest BCUT2D eigenvalue weighted by molar-refractivity contribution is -0.145. The van der Waals surface area contributed by atoms with Crippen LogP contribution in [0.4, 0.5) is 0 Å². The van der Waals surface area contributed by atoms with Gasteiger partial charge in [0.1, 0.15) is 0 Å². The lowest BCUT2D eigenvalue weighted by Crippen LogP contribution is -2.54. The van der Waals surface area contributed by atoms with Crippen LogP contribution >= 0.6 is 27.7 Å². The van der Waals surface area contributed by atoms with Crippen LogP contribution in [-0.2, 0) is 9.53 Å². The number of hydrogen-bond donors (Lipinski definition) is 0. The van der Waals surface area contributed by atoms with E-state index in [0.717, 1.165) is 37.0 Å². The van der Waals surface area contributed by atoms with Gasteiger partial charge in [0.25, 0.3) is 0 Å². The van der Waals surface area contributed by atoms with E-state index in [1.807, 2.05) is 23.6 Å². The summed E-state index contributed by atoms with van der Waals surface area (Å²) < 4.78 is 5.58. The van der Waals surface area contributed by atoms with Crippen molar-refractivity contribution < 1.29 is 9.53 Å². The van der Waals surface area contributed by atoms with Crippen molar-refractivity contribution in [1.29, 1.82) is 0 Å². The molecule has 2 aliphatic rings. The highest BCUT2D eigenvalue weighted by Crippen LogP contribution is 2.39. The molecule has 3 unspecified atom stereocenters. The maximum Gasteiger partial charge on any atom is 0.238 e. The summed E-state index contributed by atoms with van der Waals surface area (Å²) in [5, 5.41) is 0.797. The van der Waals surface area contributed by atoms with Crippen molar-refractivity contribution in [3.05, 3.63) is 0 Å². The minimum Gasteiger partial charge on any atom is -0.371 e. The number of amides is 1. The maximum absolute atomic E-state index is 12.6.